The molecule has 1 aliphatic heterocycles. The number of nitrogens with zero attached hydrogens (tertiary/aromatic N) is 1. The van der Waals surface area contributed by atoms with Crippen LogP contribution in [0.3, 0.4) is 0 Å². The number of benzene rings is 1. The second-order valence-electron chi connectivity index (χ2n) is 5.54. The molecule has 0 aliphatic carbocycles. The fourth-order valence-electron chi connectivity index (χ4n) is 2.26. The Bertz CT molecular complexity index is 646. The van der Waals surface area contributed by atoms with Crippen LogP contribution < -0.4 is 10.1 Å². The van der Waals surface area contributed by atoms with E-state index in [0.717, 1.165) is 4.90 Å². The van der Waals surface area contributed by atoms with Crippen molar-refractivity contribution in [2.24, 2.45) is 0 Å². The number of hydrogen-bond donors (Lipinski definition) is 1. The Morgan fingerprint density at radius 3 is 2.56 bits per heavy atom. The molecule has 0 bridgehead atoms. The highest BCUT2D eigenvalue weighted by Gasteiger charge is 2.27. The van der Waals surface area contributed by atoms with E-state index >= 15 is 0 Å². The molecule has 0 aromatic heterocycles. The number of nitrogens with one attached hydrogen (secondary N) is 1. The predicted octanol–water partition coefficient (Wildman–Crippen LogP) is 0.262. The number of esters is 1. The van der Waals surface area contributed by atoms with Gasteiger partial charge in [-0.3, -0.25) is 19.3 Å². The van der Waals surface area contributed by atoms with Gasteiger partial charge in [0.1, 0.15) is 11.8 Å². The minimum Gasteiger partial charge on any atom is -0.484 e. The van der Waals surface area contributed by atoms with Gasteiger partial charge in [-0.15, -0.1) is 0 Å². The van der Waals surface area contributed by atoms with Gasteiger partial charge in [0.25, 0.3) is 11.8 Å². The van der Waals surface area contributed by atoms with Crippen molar-refractivity contribution in [3.8, 4) is 5.75 Å². The van der Waals surface area contributed by atoms with Gasteiger partial charge in [-0.2, -0.15) is 0 Å². The molecule has 3 amide bonds. The summed E-state index contributed by atoms with van der Waals surface area (Å²) in [6, 6.07) is 7.84. The molecule has 1 heterocycles. The Balaban J connectivity index is 1.69. The van der Waals surface area contributed by atoms with E-state index in [2.05, 4.69) is 5.32 Å². The van der Waals surface area contributed by atoms with E-state index in [4.69, 9.17) is 9.47 Å². The zero-order valence-corrected chi connectivity index (χ0v) is 13.9. The molecule has 0 unspecified atom stereocenters. The zero-order valence-electron chi connectivity index (χ0n) is 13.9. The quantitative estimate of drug-likeness (QED) is 0.709. The van der Waals surface area contributed by atoms with Gasteiger partial charge in [-0.25, -0.2) is 4.79 Å². The number of carbonyl (C=O) groups excluding carboxylic acids is 4. The lowest BCUT2D eigenvalue weighted by atomic mass is 10.3. The summed E-state index contributed by atoms with van der Waals surface area (Å²) in [5, 5.41) is 2.42. The molecule has 1 saturated heterocycles. The highest BCUT2D eigenvalue weighted by Crippen LogP contribution is 2.10. The topological polar surface area (TPSA) is 102 Å². The Labute approximate surface area is 145 Å². The molecule has 0 radical (unpaired) electrons. The summed E-state index contributed by atoms with van der Waals surface area (Å²) in [5.41, 5.74) is 0. The predicted molar refractivity (Wildman–Crippen MR) is 86.5 cm³/mol. The second-order valence-corrected chi connectivity index (χ2v) is 5.54. The lowest BCUT2D eigenvalue weighted by Gasteiger charge is -2.16. The lowest BCUT2D eigenvalue weighted by molar-refractivity contribution is -0.156. The van der Waals surface area contributed by atoms with Crippen LogP contribution in [-0.2, 0) is 23.9 Å². The summed E-state index contributed by atoms with van der Waals surface area (Å²) in [6.45, 7) is 1.01. The minimum absolute atomic E-state index is 0.247. The van der Waals surface area contributed by atoms with Crippen LogP contribution in [0.1, 0.15) is 19.8 Å². The molecule has 25 heavy (non-hydrogen) atoms. The van der Waals surface area contributed by atoms with Crippen LogP contribution in [0.4, 0.5) is 0 Å². The van der Waals surface area contributed by atoms with E-state index < -0.39 is 30.4 Å². The lowest BCUT2D eigenvalue weighted by Crippen LogP contribution is -2.43. The normalized spacial score (nSPS) is 14.8. The van der Waals surface area contributed by atoms with Crippen LogP contribution >= 0.6 is 0 Å². The molecule has 8 nitrogen and oxygen atoms in total. The van der Waals surface area contributed by atoms with Crippen LogP contribution in [0.15, 0.2) is 30.3 Å². The first-order valence-corrected chi connectivity index (χ1v) is 7.94. The first-order chi connectivity index (χ1) is 12.0. The molecule has 1 N–H and O–H groups in total. The number of rotatable bonds is 7. The molecule has 8 heteroatoms. The average Bonchev–Trinajstić information content (AvgIpc) is 3.04. The highest BCUT2D eigenvalue weighted by molar-refractivity contribution is 5.98. The maximum absolute atomic E-state index is 11.8. The maximum Gasteiger partial charge on any atom is 0.328 e. The van der Waals surface area contributed by atoms with Crippen molar-refractivity contribution < 1.29 is 28.7 Å². The summed E-state index contributed by atoms with van der Waals surface area (Å²) in [7, 11) is 0. The van der Waals surface area contributed by atoms with Gasteiger partial charge >= 0.3 is 5.97 Å². The summed E-state index contributed by atoms with van der Waals surface area (Å²) < 4.78 is 10.1. The van der Waals surface area contributed by atoms with E-state index in [1.807, 2.05) is 6.07 Å². The van der Waals surface area contributed by atoms with Crippen molar-refractivity contribution in [2.75, 3.05) is 19.8 Å². The number of carbonyl (C=O) groups is 4. The van der Waals surface area contributed by atoms with Crippen LogP contribution in [0.25, 0.3) is 0 Å². The van der Waals surface area contributed by atoms with Crippen molar-refractivity contribution in [3.05, 3.63) is 30.3 Å². The first kappa shape index (κ1) is 18.4. The number of imide groups is 1. The molecule has 1 aliphatic rings. The number of hydrogen-bond acceptors (Lipinski definition) is 6. The molecule has 1 aromatic rings. The summed E-state index contributed by atoms with van der Waals surface area (Å²) in [5.74, 6) is -1.53. The van der Waals surface area contributed by atoms with Crippen LogP contribution in [0.2, 0.25) is 0 Å². The maximum atomic E-state index is 11.8. The number of ether oxygens (including phenoxy) is 2. The molecule has 1 fully saturated rings. The highest BCUT2D eigenvalue weighted by atomic mass is 16.5. The SMILES string of the molecule is C[C@H](NC(=O)COc1ccccc1)C(=O)OCC(=O)N1CCCC1=O. The summed E-state index contributed by atoms with van der Waals surface area (Å²) in [6.07, 6.45) is 0.944. The molecule has 1 atom stereocenters. The van der Waals surface area contributed by atoms with Crippen LogP contribution in [0.5, 0.6) is 5.75 Å². The molecular formula is C17H20N2O6. The third kappa shape index (κ3) is 5.59. The van der Waals surface area contributed by atoms with Gasteiger partial charge in [0.2, 0.25) is 5.91 Å². The summed E-state index contributed by atoms with van der Waals surface area (Å²) in [4.78, 5) is 47.9. The largest absolute Gasteiger partial charge is 0.484 e. The Hall–Kier alpha value is -2.90. The van der Waals surface area contributed by atoms with Gasteiger partial charge in [-0.05, 0) is 25.5 Å². The number of likely N-dealkylation sites (tertiary alicyclic amines) is 1. The van der Waals surface area contributed by atoms with Gasteiger partial charge in [0.05, 0.1) is 0 Å². The Morgan fingerprint density at radius 1 is 1.20 bits per heavy atom. The molecule has 2 rings (SSSR count). The molecule has 0 spiro atoms. The molecule has 134 valence electrons. The molecular weight excluding hydrogens is 328 g/mol. The summed E-state index contributed by atoms with van der Waals surface area (Å²) >= 11 is 0. The van der Waals surface area contributed by atoms with E-state index in [0.29, 0.717) is 25.1 Å². The van der Waals surface area contributed by atoms with Crippen molar-refractivity contribution in [1.29, 1.82) is 0 Å². The van der Waals surface area contributed by atoms with Gasteiger partial charge < -0.3 is 14.8 Å². The number of para-hydroxylation sites is 1. The van der Waals surface area contributed by atoms with E-state index in [9.17, 15) is 19.2 Å². The monoisotopic (exact) mass is 348 g/mol. The molecule has 1 aromatic carbocycles. The minimum atomic E-state index is -0.936. The van der Waals surface area contributed by atoms with E-state index in [1.165, 1.54) is 6.92 Å². The van der Waals surface area contributed by atoms with E-state index in [-0.39, 0.29) is 12.5 Å². The molecule has 0 saturated carbocycles. The van der Waals surface area contributed by atoms with E-state index in [1.54, 1.807) is 24.3 Å². The van der Waals surface area contributed by atoms with Crippen molar-refractivity contribution in [2.45, 2.75) is 25.8 Å². The average molecular weight is 348 g/mol. The fraction of sp³-hybridized carbons (Fsp3) is 0.412. The Kier molecular flexibility index (Phi) is 6.50. The zero-order chi connectivity index (χ0) is 18.2. The third-order valence-electron chi connectivity index (χ3n) is 3.56. The van der Waals surface area contributed by atoms with Crippen LogP contribution in [0, 0.1) is 0 Å². The van der Waals surface area contributed by atoms with Gasteiger partial charge in [0, 0.05) is 13.0 Å². The smallest absolute Gasteiger partial charge is 0.328 e. The standard InChI is InChI=1S/C17H20N2O6/c1-12(18-14(20)10-24-13-6-3-2-4-7-13)17(23)25-11-16(22)19-9-5-8-15(19)21/h2-4,6-7,12H,5,8-11H2,1H3,(H,18,20)/t12-/m0/s1. The Morgan fingerprint density at radius 2 is 1.92 bits per heavy atom. The third-order valence-corrected chi connectivity index (χ3v) is 3.56. The van der Waals surface area contributed by atoms with Gasteiger partial charge in [0.15, 0.2) is 13.2 Å². The first-order valence-electron chi connectivity index (χ1n) is 7.94. The van der Waals surface area contributed by atoms with Crippen molar-refractivity contribution in [3.63, 3.8) is 0 Å². The fourth-order valence-corrected chi connectivity index (χ4v) is 2.26. The second kappa shape index (κ2) is 8.81. The van der Waals surface area contributed by atoms with Crippen LogP contribution in [-0.4, -0.2) is 54.4 Å². The number of amides is 3. The van der Waals surface area contributed by atoms with Crippen molar-refractivity contribution >= 4 is 23.7 Å². The van der Waals surface area contributed by atoms with Crippen molar-refractivity contribution in [1.82, 2.24) is 10.2 Å². The van der Waals surface area contributed by atoms with Gasteiger partial charge in [-0.1, -0.05) is 18.2 Å².